The van der Waals surface area contributed by atoms with E-state index in [-0.39, 0.29) is 17.5 Å². The van der Waals surface area contributed by atoms with Crippen molar-refractivity contribution < 1.29 is 10.2 Å². The Labute approximate surface area is 111 Å². The van der Waals surface area contributed by atoms with Gasteiger partial charge in [0, 0.05) is 12.1 Å². The molecule has 1 unspecified atom stereocenters. The lowest BCUT2D eigenvalue weighted by atomic mass is 10.1. The summed E-state index contributed by atoms with van der Waals surface area (Å²) in [5.41, 5.74) is 1.60. The number of anilines is 1. The lowest BCUT2D eigenvalue weighted by Crippen LogP contribution is -2.06. The molecule has 0 aliphatic heterocycles. The Morgan fingerprint density at radius 3 is 2.28 bits per heavy atom. The standard InChI is InChI=1S/C14H14ClNO2/c1-9(10-6-11(17)8-12(18)7-10)16-14-5-3-2-4-13(14)15/h2-9,16-18H,1H3. The highest BCUT2D eigenvalue weighted by atomic mass is 35.5. The van der Waals surface area contributed by atoms with E-state index in [2.05, 4.69) is 5.32 Å². The number of rotatable bonds is 3. The Kier molecular flexibility index (Phi) is 3.63. The molecule has 4 heteroatoms. The van der Waals surface area contributed by atoms with Crippen LogP contribution in [0.3, 0.4) is 0 Å². The molecule has 2 rings (SSSR count). The lowest BCUT2D eigenvalue weighted by molar-refractivity contribution is 0.448. The first-order valence-electron chi connectivity index (χ1n) is 5.60. The predicted molar refractivity (Wildman–Crippen MR) is 73.3 cm³/mol. The van der Waals surface area contributed by atoms with Crippen LogP contribution in [-0.2, 0) is 0 Å². The van der Waals surface area contributed by atoms with Gasteiger partial charge < -0.3 is 15.5 Å². The van der Waals surface area contributed by atoms with Crippen LogP contribution in [0.25, 0.3) is 0 Å². The summed E-state index contributed by atoms with van der Waals surface area (Å²) in [4.78, 5) is 0. The van der Waals surface area contributed by atoms with Crippen molar-refractivity contribution in [2.45, 2.75) is 13.0 Å². The molecule has 0 radical (unpaired) electrons. The summed E-state index contributed by atoms with van der Waals surface area (Å²) in [5.74, 6) is 0.0793. The Morgan fingerprint density at radius 2 is 1.67 bits per heavy atom. The smallest absolute Gasteiger partial charge is 0.119 e. The van der Waals surface area contributed by atoms with Gasteiger partial charge in [-0.05, 0) is 36.8 Å². The molecule has 0 fully saturated rings. The summed E-state index contributed by atoms with van der Waals surface area (Å²) in [6, 6.07) is 11.9. The zero-order valence-electron chi connectivity index (χ0n) is 9.89. The van der Waals surface area contributed by atoms with Crippen molar-refractivity contribution in [2.24, 2.45) is 0 Å². The molecule has 0 aliphatic carbocycles. The Bertz CT molecular complexity index is 537. The average molecular weight is 264 g/mol. The maximum absolute atomic E-state index is 9.45. The molecule has 0 aromatic heterocycles. The maximum atomic E-state index is 9.45. The summed E-state index contributed by atoms with van der Waals surface area (Å²) < 4.78 is 0. The topological polar surface area (TPSA) is 52.5 Å². The van der Waals surface area contributed by atoms with Gasteiger partial charge in [0.15, 0.2) is 0 Å². The van der Waals surface area contributed by atoms with Gasteiger partial charge in [-0.25, -0.2) is 0 Å². The number of hydrogen-bond donors (Lipinski definition) is 3. The minimum Gasteiger partial charge on any atom is -0.508 e. The third-order valence-corrected chi connectivity index (χ3v) is 3.00. The van der Waals surface area contributed by atoms with E-state index in [0.29, 0.717) is 5.02 Å². The monoisotopic (exact) mass is 263 g/mol. The third kappa shape index (κ3) is 2.87. The predicted octanol–water partition coefficient (Wildman–Crippen LogP) is 3.92. The Morgan fingerprint density at radius 1 is 1.06 bits per heavy atom. The minimum absolute atomic E-state index is 0.0396. The molecule has 0 saturated heterocycles. The molecule has 0 heterocycles. The van der Waals surface area contributed by atoms with Gasteiger partial charge in [-0.3, -0.25) is 0 Å². The van der Waals surface area contributed by atoms with Crippen LogP contribution < -0.4 is 5.32 Å². The first-order chi connectivity index (χ1) is 8.56. The van der Waals surface area contributed by atoms with Gasteiger partial charge in [0.1, 0.15) is 11.5 Å². The van der Waals surface area contributed by atoms with E-state index in [4.69, 9.17) is 11.6 Å². The zero-order chi connectivity index (χ0) is 13.1. The highest BCUT2D eigenvalue weighted by Gasteiger charge is 2.09. The van der Waals surface area contributed by atoms with E-state index in [1.165, 1.54) is 6.07 Å². The molecule has 2 aromatic rings. The van der Waals surface area contributed by atoms with Gasteiger partial charge in [-0.2, -0.15) is 0 Å². The van der Waals surface area contributed by atoms with Crippen molar-refractivity contribution in [3.8, 4) is 11.5 Å². The number of phenols is 2. The van der Waals surface area contributed by atoms with Crippen LogP contribution in [0.5, 0.6) is 11.5 Å². The molecule has 0 aliphatic rings. The van der Waals surface area contributed by atoms with Crippen molar-refractivity contribution in [1.82, 2.24) is 0 Å². The lowest BCUT2D eigenvalue weighted by Gasteiger charge is -2.17. The summed E-state index contributed by atoms with van der Waals surface area (Å²) in [6.45, 7) is 1.93. The van der Waals surface area contributed by atoms with Crippen molar-refractivity contribution in [3.63, 3.8) is 0 Å². The summed E-state index contributed by atoms with van der Waals surface area (Å²) >= 11 is 6.06. The fourth-order valence-corrected chi connectivity index (χ4v) is 1.95. The van der Waals surface area contributed by atoms with E-state index in [9.17, 15) is 10.2 Å². The van der Waals surface area contributed by atoms with Crippen molar-refractivity contribution in [2.75, 3.05) is 5.32 Å². The molecular weight excluding hydrogens is 250 g/mol. The van der Waals surface area contributed by atoms with Gasteiger partial charge in [0.05, 0.1) is 10.7 Å². The van der Waals surface area contributed by atoms with Crippen LogP contribution in [0.4, 0.5) is 5.69 Å². The van der Waals surface area contributed by atoms with E-state index < -0.39 is 0 Å². The van der Waals surface area contributed by atoms with Crippen molar-refractivity contribution in [1.29, 1.82) is 0 Å². The molecule has 3 nitrogen and oxygen atoms in total. The molecule has 18 heavy (non-hydrogen) atoms. The molecular formula is C14H14ClNO2. The van der Waals surface area contributed by atoms with Gasteiger partial charge in [0.25, 0.3) is 0 Å². The number of benzene rings is 2. The highest BCUT2D eigenvalue weighted by molar-refractivity contribution is 6.33. The van der Waals surface area contributed by atoms with Crippen molar-refractivity contribution >= 4 is 17.3 Å². The second-order valence-electron chi connectivity index (χ2n) is 4.13. The quantitative estimate of drug-likeness (QED) is 0.787. The Balaban J connectivity index is 2.22. The molecule has 94 valence electrons. The largest absolute Gasteiger partial charge is 0.508 e. The normalized spacial score (nSPS) is 12.1. The van der Waals surface area contributed by atoms with Crippen molar-refractivity contribution in [3.05, 3.63) is 53.1 Å². The minimum atomic E-state index is -0.0806. The van der Waals surface area contributed by atoms with Gasteiger partial charge in [0.2, 0.25) is 0 Å². The molecule has 0 spiro atoms. The number of halogens is 1. The van der Waals surface area contributed by atoms with Crippen LogP contribution in [0.2, 0.25) is 5.02 Å². The zero-order valence-corrected chi connectivity index (χ0v) is 10.6. The summed E-state index contributed by atoms with van der Waals surface area (Å²) in [6.07, 6.45) is 0. The number of para-hydroxylation sites is 1. The van der Waals surface area contributed by atoms with Gasteiger partial charge >= 0.3 is 0 Å². The van der Waals surface area contributed by atoms with E-state index in [1.807, 2.05) is 25.1 Å². The third-order valence-electron chi connectivity index (χ3n) is 2.67. The molecule has 2 aromatic carbocycles. The maximum Gasteiger partial charge on any atom is 0.119 e. The highest BCUT2D eigenvalue weighted by Crippen LogP contribution is 2.29. The van der Waals surface area contributed by atoms with Gasteiger partial charge in [-0.1, -0.05) is 23.7 Å². The SMILES string of the molecule is CC(Nc1ccccc1Cl)c1cc(O)cc(O)c1. The Hall–Kier alpha value is -1.87. The first-order valence-corrected chi connectivity index (χ1v) is 5.98. The average Bonchev–Trinajstić information content (AvgIpc) is 2.31. The van der Waals surface area contributed by atoms with Crippen LogP contribution in [-0.4, -0.2) is 10.2 Å². The van der Waals surface area contributed by atoms with Crippen LogP contribution in [0.1, 0.15) is 18.5 Å². The number of aromatic hydroxyl groups is 2. The number of phenolic OH excluding ortho intramolecular Hbond substituents is 2. The van der Waals surface area contributed by atoms with E-state index in [1.54, 1.807) is 18.2 Å². The number of hydrogen-bond acceptors (Lipinski definition) is 3. The second kappa shape index (κ2) is 5.19. The van der Waals surface area contributed by atoms with Gasteiger partial charge in [-0.15, -0.1) is 0 Å². The summed E-state index contributed by atoms with van der Waals surface area (Å²) in [5, 5.41) is 22.8. The molecule has 0 bridgehead atoms. The molecule has 0 saturated carbocycles. The fourth-order valence-electron chi connectivity index (χ4n) is 1.76. The van der Waals surface area contributed by atoms with Crippen LogP contribution >= 0.6 is 11.6 Å². The first kappa shape index (κ1) is 12.6. The molecule has 3 N–H and O–H groups in total. The van der Waals surface area contributed by atoms with E-state index in [0.717, 1.165) is 11.3 Å². The number of nitrogens with one attached hydrogen (secondary N) is 1. The van der Waals surface area contributed by atoms with E-state index >= 15 is 0 Å². The van der Waals surface area contributed by atoms with Crippen LogP contribution in [0.15, 0.2) is 42.5 Å². The second-order valence-corrected chi connectivity index (χ2v) is 4.54. The molecule has 0 amide bonds. The van der Waals surface area contributed by atoms with Crippen LogP contribution in [0, 0.1) is 0 Å². The molecule has 1 atom stereocenters. The fraction of sp³-hybridized carbons (Fsp3) is 0.143. The summed E-state index contributed by atoms with van der Waals surface area (Å²) in [7, 11) is 0.